The average Bonchev–Trinajstić information content (AvgIpc) is 2.77. The lowest BCUT2D eigenvalue weighted by Crippen LogP contribution is -1.99. The summed E-state index contributed by atoms with van der Waals surface area (Å²) in [6, 6.07) is 8.31. The number of nitrogens with one attached hydrogen (secondary N) is 1. The summed E-state index contributed by atoms with van der Waals surface area (Å²) in [5, 5.41) is 8.81. The van der Waals surface area contributed by atoms with Gasteiger partial charge in [0.25, 0.3) is 0 Å². The van der Waals surface area contributed by atoms with Gasteiger partial charge in [0, 0.05) is 17.7 Å². The second-order valence-corrected chi connectivity index (χ2v) is 5.32. The normalized spacial score (nSPS) is 11.0. The van der Waals surface area contributed by atoms with E-state index in [4.69, 9.17) is 5.11 Å². The van der Waals surface area contributed by atoms with Crippen LogP contribution in [-0.2, 0) is 11.2 Å². The van der Waals surface area contributed by atoms with Gasteiger partial charge >= 0.3 is 5.97 Å². The maximum Gasteiger partial charge on any atom is 0.303 e. The minimum atomic E-state index is -0.793. The van der Waals surface area contributed by atoms with Crippen molar-refractivity contribution in [2.75, 3.05) is 0 Å². The molecule has 0 amide bonds. The number of hydrogen-bond acceptors (Lipinski definition) is 2. The van der Waals surface area contributed by atoms with Crippen LogP contribution < -0.4 is 0 Å². The van der Waals surface area contributed by atoms with Crippen molar-refractivity contribution in [2.45, 2.75) is 39.5 Å². The van der Waals surface area contributed by atoms with Gasteiger partial charge in [-0.1, -0.05) is 38.1 Å². The van der Waals surface area contributed by atoms with Crippen LogP contribution in [0.2, 0.25) is 0 Å². The van der Waals surface area contributed by atoms with E-state index < -0.39 is 5.97 Å². The summed E-state index contributed by atoms with van der Waals surface area (Å²) in [6.07, 6.45) is 0.580. The first kappa shape index (κ1) is 14.3. The van der Waals surface area contributed by atoms with E-state index in [0.717, 1.165) is 22.8 Å². The molecule has 2 rings (SSSR count). The van der Waals surface area contributed by atoms with E-state index in [1.54, 1.807) is 0 Å². The van der Waals surface area contributed by atoms with Crippen molar-refractivity contribution in [1.29, 1.82) is 0 Å². The third-order valence-corrected chi connectivity index (χ3v) is 3.34. The zero-order valence-corrected chi connectivity index (χ0v) is 12.1. The minimum absolute atomic E-state index is 0.110. The molecule has 4 heteroatoms. The number of imidazole rings is 1. The molecule has 0 aliphatic carbocycles. The van der Waals surface area contributed by atoms with Crippen molar-refractivity contribution in [3.05, 3.63) is 41.3 Å². The van der Waals surface area contributed by atoms with E-state index in [2.05, 4.69) is 48.1 Å². The van der Waals surface area contributed by atoms with Crippen molar-refractivity contribution in [1.82, 2.24) is 9.97 Å². The summed E-state index contributed by atoms with van der Waals surface area (Å²) in [4.78, 5) is 18.4. The fourth-order valence-corrected chi connectivity index (χ4v) is 2.22. The molecule has 1 aromatic heterocycles. The zero-order valence-electron chi connectivity index (χ0n) is 12.1. The second-order valence-electron chi connectivity index (χ2n) is 5.32. The monoisotopic (exact) mass is 272 g/mol. The lowest BCUT2D eigenvalue weighted by Gasteiger charge is -2.07. The highest BCUT2D eigenvalue weighted by atomic mass is 16.4. The Balaban J connectivity index is 2.29. The van der Waals surface area contributed by atoms with Crippen LogP contribution in [0, 0.1) is 6.92 Å². The molecule has 1 heterocycles. The predicted molar refractivity (Wildman–Crippen MR) is 78.8 cm³/mol. The molecule has 0 atom stereocenters. The van der Waals surface area contributed by atoms with Gasteiger partial charge in [0.15, 0.2) is 0 Å². The molecular formula is C16H20N2O2. The van der Waals surface area contributed by atoms with Crippen LogP contribution >= 0.6 is 0 Å². The van der Waals surface area contributed by atoms with Crippen molar-refractivity contribution in [3.8, 4) is 11.3 Å². The largest absolute Gasteiger partial charge is 0.481 e. The van der Waals surface area contributed by atoms with Crippen LogP contribution in [0.5, 0.6) is 0 Å². The topological polar surface area (TPSA) is 66.0 Å². The Bertz CT molecular complexity index is 597. The van der Waals surface area contributed by atoms with Crippen LogP contribution in [-0.4, -0.2) is 21.0 Å². The van der Waals surface area contributed by atoms with Gasteiger partial charge < -0.3 is 10.1 Å². The maximum atomic E-state index is 10.7. The summed E-state index contributed by atoms with van der Waals surface area (Å²) < 4.78 is 0. The molecule has 4 nitrogen and oxygen atoms in total. The summed E-state index contributed by atoms with van der Waals surface area (Å²) in [5.41, 5.74) is 4.06. The third kappa shape index (κ3) is 3.26. The van der Waals surface area contributed by atoms with Gasteiger partial charge in [-0.3, -0.25) is 4.79 Å². The summed E-state index contributed by atoms with van der Waals surface area (Å²) in [6.45, 7) is 6.20. The molecule has 2 aromatic rings. The number of rotatable bonds is 5. The number of aliphatic carboxylic acids is 1. The Kier molecular flexibility index (Phi) is 4.23. The van der Waals surface area contributed by atoms with Crippen molar-refractivity contribution >= 4 is 5.97 Å². The van der Waals surface area contributed by atoms with E-state index >= 15 is 0 Å². The third-order valence-electron chi connectivity index (χ3n) is 3.34. The number of carboxylic acid groups (broad SMARTS) is 1. The van der Waals surface area contributed by atoms with Gasteiger partial charge in [-0.05, 0) is 18.4 Å². The van der Waals surface area contributed by atoms with Gasteiger partial charge in [0.05, 0.1) is 12.1 Å². The quantitative estimate of drug-likeness (QED) is 0.875. The molecule has 0 aliphatic rings. The lowest BCUT2D eigenvalue weighted by atomic mass is 10.00. The van der Waals surface area contributed by atoms with Crippen molar-refractivity contribution < 1.29 is 9.90 Å². The highest BCUT2D eigenvalue weighted by molar-refractivity contribution is 5.68. The van der Waals surface area contributed by atoms with Gasteiger partial charge in [-0.2, -0.15) is 0 Å². The maximum absolute atomic E-state index is 10.7. The molecule has 0 spiro atoms. The number of nitrogens with zero attached hydrogens (tertiary/aromatic N) is 1. The standard InChI is InChI=1S/C16H20N2O2/c1-10(2)12-4-6-13(7-5-12)16-14(8-9-15(19)20)17-11(3)18-16/h4-7,10H,8-9H2,1-3H3,(H,17,18)(H,19,20). The number of carboxylic acids is 1. The SMILES string of the molecule is Cc1nc(-c2ccc(C(C)C)cc2)c(CCC(=O)O)[nH]1. The fourth-order valence-electron chi connectivity index (χ4n) is 2.22. The molecule has 0 radical (unpaired) electrons. The van der Waals surface area contributed by atoms with E-state index in [0.29, 0.717) is 12.3 Å². The Hall–Kier alpha value is -2.10. The molecule has 0 unspecified atom stereocenters. The van der Waals surface area contributed by atoms with E-state index in [1.807, 2.05) is 6.92 Å². The number of hydrogen-bond donors (Lipinski definition) is 2. The molecular weight excluding hydrogens is 252 g/mol. The van der Waals surface area contributed by atoms with Gasteiger partial charge in [0.2, 0.25) is 0 Å². The molecule has 0 bridgehead atoms. The number of benzene rings is 1. The minimum Gasteiger partial charge on any atom is -0.481 e. The van der Waals surface area contributed by atoms with Crippen LogP contribution in [0.25, 0.3) is 11.3 Å². The number of aryl methyl sites for hydroxylation is 2. The highest BCUT2D eigenvalue weighted by Crippen LogP contribution is 2.25. The number of carbonyl (C=O) groups is 1. The van der Waals surface area contributed by atoms with Crippen LogP contribution in [0.15, 0.2) is 24.3 Å². The first-order valence-electron chi connectivity index (χ1n) is 6.85. The molecule has 0 aliphatic heterocycles. The summed E-state index contributed by atoms with van der Waals surface area (Å²) in [5.74, 6) is 0.517. The van der Waals surface area contributed by atoms with E-state index in [9.17, 15) is 4.79 Å². The molecule has 106 valence electrons. The Morgan fingerprint density at radius 1 is 1.30 bits per heavy atom. The molecule has 0 saturated heterocycles. The smallest absolute Gasteiger partial charge is 0.303 e. The van der Waals surface area contributed by atoms with Gasteiger partial charge in [-0.25, -0.2) is 4.98 Å². The molecule has 20 heavy (non-hydrogen) atoms. The number of aromatic nitrogens is 2. The van der Waals surface area contributed by atoms with Gasteiger partial charge in [-0.15, -0.1) is 0 Å². The van der Waals surface area contributed by atoms with E-state index in [-0.39, 0.29) is 6.42 Å². The lowest BCUT2D eigenvalue weighted by molar-refractivity contribution is -0.136. The Morgan fingerprint density at radius 3 is 2.50 bits per heavy atom. The van der Waals surface area contributed by atoms with Gasteiger partial charge in [0.1, 0.15) is 5.82 Å². The van der Waals surface area contributed by atoms with Crippen molar-refractivity contribution in [3.63, 3.8) is 0 Å². The average molecular weight is 272 g/mol. The summed E-state index contributed by atoms with van der Waals surface area (Å²) in [7, 11) is 0. The zero-order chi connectivity index (χ0) is 14.7. The Morgan fingerprint density at radius 2 is 1.95 bits per heavy atom. The molecule has 0 fully saturated rings. The summed E-state index contributed by atoms with van der Waals surface area (Å²) >= 11 is 0. The molecule has 0 saturated carbocycles. The molecule has 2 N–H and O–H groups in total. The van der Waals surface area contributed by atoms with Crippen molar-refractivity contribution in [2.24, 2.45) is 0 Å². The Labute approximate surface area is 118 Å². The first-order chi connectivity index (χ1) is 9.47. The fraction of sp³-hybridized carbons (Fsp3) is 0.375. The van der Waals surface area contributed by atoms with E-state index in [1.165, 1.54) is 5.56 Å². The predicted octanol–water partition coefficient (Wildman–Crippen LogP) is 3.53. The number of aromatic amines is 1. The number of H-pyrrole nitrogens is 1. The second kappa shape index (κ2) is 5.90. The first-order valence-corrected chi connectivity index (χ1v) is 6.85. The molecule has 1 aromatic carbocycles. The highest BCUT2D eigenvalue weighted by Gasteiger charge is 2.12. The van der Waals surface area contributed by atoms with Crippen LogP contribution in [0.1, 0.15) is 43.3 Å². The van der Waals surface area contributed by atoms with Crippen LogP contribution in [0.4, 0.5) is 0 Å². The van der Waals surface area contributed by atoms with Crippen LogP contribution in [0.3, 0.4) is 0 Å².